The molecule has 1 aliphatic heterocycles. The van der Waals surface area contributed by atoms with Gasteiger partial charge in [0, 0.05) is 49.1 Å². The number of rotatable bonds is 6. The molecule has 0 radical (unpaired) electrons. The topological polar surface area (TPSA) is 51.1 Å². The van der Waals surface area contributed by atoms with Gasteiger partial charge in [0.05, 0.1) is 5.69 Å². The van der Waals surface area contributed by atoms with Crippen LogP contribution in [-0.4, -0.2) is 32.9 Å². The summed E-state index contributed by atoms with van der Waals surface area (Å²) in [5.74, 6) is 1.95. The van der Waals surface area contributed by atoms with E-state index < -0.39 is 0 Å². The maximum atomic E-state index is 6.48. The molecule has 2 aliphatic rings. The van der Waals surface area contributed by atoms with E-state index in [1.54, 1.807) is 6.33 Å². The minimum absolute atomic E-state index is 0.0564. The smallest absolute Gasteiger partial charge is 0.221 e. The van der Waals surface area contributed by atoms with Crippen molar-refractivity contribution in [3.05, 3.63) is 47.2 Å². The molecule has 1 aliphatic carbocycles. The summed E-state index contributed by atoms with van der Waals surface area (Å²) in [5, 5.41) is 0. The van der Waals surface area contributed by atoms with Gasteiger partial charge in [0.15, 0.2) is 0 Å². The number of hydrogen-bond acceptors (Lipinski definition) is 5. The summed E-state index contributed by atoms with van der Waals surface area (Å²) in [5.41, 5.74) is 4.44. The summed E-state index contributed by atoms with van der Waals surface area (Å²) in [6.45, 7) is 9.56. The van der Waals surface area contributed by atoms with Crippen LogP contribution in [0.25, 0.3) is 0 Å². The van der Waals surface area contributed by atoms with Gasteiger partial charge in [-0.1, -0.05) is 26.3 Å². The Morgan fingerprint density at radius 1 is 1.19 bits per heavy atom. The van der Waals surface area contributed by atoms with E-state index in [0.29, 0.717) is 5.92 Å². The van der Waals surface area contributed by atoms with Gasteiger partial charge < -0.3 is 4.74 Å². The Labute approximate surface area is 162 Å². The molecule has 0 N–H and O–H groups in total. The molecule has 0 aromatic carbocycles. The second-order valence-corrected chi connectivity index (χ2v) is 8.40. The Balaban J connectivity index is 1.55. The van der Waals surface area contributed by atoms with E-state index in [4.69, 9.17) is 4.74 Å². The van der Waals surface area contributed by atoms with Gasteiger partial charge in [-0.15, -0.1) is 0 Å². The Bertz CT molecular complexity index is 770. The van der Waals surface area contributed by atoms with Crippen LogP contribution in [-0.2, 0) is 13.0 Å². The van der Waals surface area contributed by atoms with Crippen LogP contribution in [0.5, 0.6) is 5.88 Å². The van der Waals surface area contributed by atoms with E-state index >= 15 is 0 Å². The highest BCUT2D eigenvalue weighted by Gasteiger charge is 2.28. The quantitative estimate of drug-likeness (QED) is 0.770. The molecule has 1 atom stereocenters. The standard InChI is InChI=1S/C22H30N4O/c1-15(2)21(18-8-7-16(3)23-11-18)27-22-19-13-26(12-17-5-4-6-17)10-9-20(19)24-14-25-22/h7-8,11,14-15,17,21H,4-6,9-10,12-13H2,1-3H3. The van der Waals surface area contributed by atoms with Gasteiger partial charge in [0.1, 0.15) is 12.4 Å². The molecule has 1 fully saturated rings. The number of hydrogen-bond donors (Lipinski definition) is 0. The Kier molecular flexibility index (Phi) is 5.39. The first-order valence-electron chi connectivity index (χ1n) is 10.2. The van der Waals surface area contributed by atoms with Crippen molar-refractivity contribution in [2.24, 2.45) is 11.8 Å². The van der Waals surface area contributed by atoms with Crippen molar-refractivity contribution >= 4 is 0 Å². The first-order valence-corrected chi connectivity index (χ1v) is 10.2. The van der Waals surface area contributed by atoms with Gasteiger partial charge >= 0.3 is 0 Å². The average molecular weight is 367 g/mol. The van der Waals surface area contributed by atoms with Crippen molar-refractivity contribution in [1.29, 1.82) is 0 Å². The third-order valence-corrected chi connectivity index (χ3v) is 5.89. The van der Waals surface area contributed by atoms with Crippen LogP contribution in [0.3, 0.4) is 0 Å². The summed E-state index contributed by atoms with van der Waals surface area (Å²) < 4.78 is 6.48. The van der Waals surface area contributed by atoms with E-state index in [1.165, 1.54) is 31.4 Å². The molecule has 4 rings (SSSR count). The molecule has 1 saturated carbocycles. The zero-order chi connectivity index (χ0) is 18.8. The second-order valence-electron chi connectivity index (χ2n) is 8.40. The molecule has 0 spiro atoms. The highest BCUT2D eigenvalue weighted by Crippen LogP contribution is 2.33. The van der Waals surface area contributed by atoms with Crippen molar-refractivity contribution in [2.45, 2.75) is 59.1 Å². The van der Waals surface area contributed by atoms with Crippen molar-refractivity contribution in [3.8, 4) is 5.88 Å². The Hall–Kier alpha value is -2.01. The van der Waals surface area contributed by atoms with Gasteiger partial charge in [-0.3, -0.25) is 9.88 Å². The zero-order valence-corrected chi connectivity index (χ0v) is 16.7. The van der Waals surface area contributed by atoms with E-state index in [9.17, 15) is 0 Å². The lowest BCUT2D eigenvalue weighted by atomic mass is 9.84. The molecule has 2 aromatic heterocycles. The molecule has 0 amide bonds. The Morgan fingerprint density at radius 2 is 2.04 bits per heavy atom. The van der Waals surface area contributed by atoms with Crippen LogP contribution in [0.1, 0.15) is 61.7 Å². The van der Waals surface area contributed by atoms with Gasteiger partial charge in [-0.2, -0.15) is 0 Å². The number of ether oxygens (including phenoxy) is 1. The van der Waals surface area contributed by atoms with Gasteiger partial charge in [0.25, 0.3) is 0 Å². The lowest BCUT2D eigenvalue weighted by Gasteiger charge is -2.35. The van der Waals surface area contributed by atoms with Gasteiger partial charge in [-0.05, 0) is 37.7 Å². The first-order chi connectivity index (χ1) is 13.1. The molecular formula is C22H30N4O. The third-order valence-electron chi connectivity index (χ3n) is 5.89. The number of nitrogens with zero attached hydrogens (tertiary/aromatic N) is 4. The predicted molar refractivity (Wildman–Crippen MR) is 106 cm³/mol. The maximum Gasteiger partial charge on any atom is 0.221 e. The fourth-order valence-electron chi connectivity index (χ4n) is 4.03. The number of aryl methyl sites for hydroxylation is 1. The second kappa shape index (κ2) is 7.93. The summed E-state index contributed by atoms with van der Waals surface area (Å²) in [7, 11) is 0. The summed E-state index contributed by atoms with van der Waals surface area (Å²) >= 11 is 0. The van der Waals surface area contributed by atoms with Gasteiger partial charge in [-0.25, -0.2) is 9.97 Å². The monoisotopic (exact) mass is 366 g/mol. The fourth-order valence-corrected chi connectivity index (χ4v) is 4.03. The van der Waals surface area contributed by atoms with Gasteiger partial charge in [0.2, 0.25) is 5.88 Å². The van der Waals surface area contributed by atoms with E-state index in [2.05, 4.69) is 39.8 Å². The largest absolute Gasteiger partial charge is 0.469 e. The third kappa shape index (κ3) is 4.13. The fraction of sp³-hybridized carbons (Fsp3) is 0.591. The maximum absolute atomic E-state index is 6.48. The summed E-state index contributed by atoms with van der Waals surface area (Å²) in [6.07, 6.45) is 8.67. The molecule has 0 bridgehead atoms. The minimum Gasteiger partial charge on any atom is -0.469 e. The van der Waals surface area contributed by atoms with Crippen molar-refractivity contribution in [3.63, 3.8) is 0 Å². The SMILES string of the molecule is Cc1ccc(C(Oc2ncnc3c2CN(CC2CCC2)CC3)C(C)C)cn1. The highest BCUT2D eigenvalue weighted by molar-refractivity contribution is 5.32. The van der Waals surface area contributed by atoms with Crippen LogP contribution in [0.4, 0.5) is 0 Å². The average Bonchev–Trinajstić information content (AvgIpc) is 2.63. The molecule has 27 heavy (non-hydrogen) atoms. The molecule has 3 heterocycles. The molecule has 1 unspecified atom stereocenters. The van der Waals surface area contributed by atoms with E-state index in [-0.39, 0.29) is 6.10 Å². The minimum atomic E-state index is -0.0564. The van der Waals surface area contributed by atoms with Crippen molar-refractivity contribution in [1.82, 2.24) is 19.9 Å². The number of pyridine rings is 1. The number of aromatic nitrogens is 3. The predicted octanol–water partition coefficient (Wildman–Crippen LogP) is 4.11. The molecule has 5 heteroatoms. The van der Waals surface area contributed by atoms with Crippen LogP contribution < -0.4 is 4.74 Å². The normalized spacial score (nSPS) is 18.8. The molecule has 5 nitrogen and oxygen atoms in total. The summed E-state index contributed by atoms with van der Waals surface area (Å²) in [6, 6.07) is 4.16. The van der Waals surface area contributed by atoms with Crippen molar-refractivity contribution in [2.75, 3.05) is 13.1 Å². The van der Waals surface area contributed by atoms with Crippen LogP contribution in [0.15, 0.2) is 24.7 Å². The molecule has 0 saturated heterocycles. The highest BCUT2D eigenvalue weighted by atomic mass is 16.5. The lowest BCUT2D eigenvalue weighted by molar-refractivity contribution is 0.132. The van der Waals surface area contributed by atoms with Crippen LogP contribution in [0.2, 0.25) is 0 Å². The summed E-state index contributed by atoms with van der Waals surface area (Å²) in [4.78, 5) is 16.1. The zero-order valence-electron chi connectivity index (χ0n) is 16.7. The van der Waals surface area contributed by atoms with E-state index in [1.807, 2.05) is 19.2 Å². The van der Waals surface area contributed by atoms with E-state index in [0.717, 1.165) is 48.3 Å². The number of fused-ring (bicyclic) bond motifs is 1. The lowest BCUT2D eigenvalue weighted by Crippen LogP contribution is -2.37. The molecule has 144 valence electrons. The molecule has 2 aromatic rings. The first kappa shape index (κ1) is 18.4. The molecular weight excluding hydrogens is 336 g/mol. The van der Waals surface area contributed by atoms with Crippen molar-refractivity contribution < 1.29 is 4.74 Å². The van der Waals surface area contributed by atoms with Crippen LogP contribution >= 0.6 is 0 Å². The Morgan fingerprint density at radius 3 is 2.70 bits per heavy atom. The van der Waals surface area contributed by atoms with Crippen LogP contribution in [0, 0.1) is 18.8 Å².